The molecule has 0 aliphatic heterocycles. The number of halogens is 1. The summed E-state index contributed by atoms with van der Waals surface area (Å²) in [6, 6.07) is 24.9. The first-order valence-corrected chi connectivity index (χ1v) is 12.2. The van der Waals surface area contributed by atoms with E-state index in [0.29, 0.717) is 18.8 Å². The maximum atomic E-state index is 12.6. The van der Waals surface area contributed by atoms with Crippen LogP contribution in [0.25, 0.3) is 0 Å². The quantitative estimate of drug-likeness (QED) is 0.412. The molecule has 0 amide bonds. The van der Waals surface area contributed by atoms with Crippen LogP contribution >= 0.6 is 15.9 Å². The number of nitrogens with one attached hydrogen (secondary N) is 1. The number of rotatable bonds is 5. The summed E-state index contributed by atoms with van der Waals surface area (Å²) in [5.74, 6) is 0.398. The maximum Gasteiger partial charge on any atom is 0.329 e. The topological polar surface area (TPSA) is 58.6 Å². The molecule has 1 spiro atoms. The average Bonchev–Trinajstić information content (AvgIpc) is 3.15. The average molecular weight is 506 g/mol. The first kappa shape index (κ1) is 22.0. The second-order valence-electron chi connectivity index (χ2n) is 9.37. The summed E-state index contributed by atoms with van der Waals surface area (Å²) in [7, 11) is 1.70. The molecule has 33 heavy (non-hydrogen) atoms. The lowest BCUT2D eigenvalue weighted by Gasteiger charge is -2.47. The Labute approximate surface area is 203 Å². The standard InChI is InChI=1S/C28H28BrNO3/c1-33-23-10-4-7-19(16-23)25-17-20-6-2-3-11-24(20)27(25)12-14-28(15-13-27,26(31)32)30-22-9-5-8-21(29)18-22/h2-11,16,18,25,30H,12-15,17H2,1H3,(H,31,32)/t25-,27?,28?/m1/s1. The van der Waals surface area contributed by atoms with Gasteiger partial charge < -0.3 is 15.2 Å². The number of carboxylic acids is 1. The van der Waals surface area contributed by atoms with Crippen molar-refractivity contribution in [3.05, 3.63) is 94.0 Å². The predicted octanol–water partition coefficient (Wildman–Crippen LogP) is 6.54. The van der Waals surface area contributed by atoms with Crippen LogP contribution in [0.3, 0.4) is 0 Å². The first-order valence-electron chi connectivity index (χ1n) is 11.5. The number of carboxylic acid groups (broad SMARTS) is 1. The highest BCUT2D eigenvalue weighted by molar-refractivity contribution is 9.10. The number of ether oxygens (including phenoxy) is 1. The monoisotopic (exact) mass is 505 g/mol. The Morgan fingerprint density at radius 1 is 1.00 bits per heavy atom. The Morgan fingerprint density at radius 3 is 2.48 bits per heavy atom. The molecule has 2 aliphatic carbocycles. The van der Waals surface area contributed by atoms with E-state index in [1.807, 2.05) is 30.3 Å². The van der Waals surface area contributed by atoms with E-state index in [0.717, 1.165) is 35.2 Å². The van der Waals surface area contributed by atoms with Crippen molar-refractivity contribution in [3.63, 3.8) is 0 Å². The molecule has 3 aromatic rings. The molecule has 4 nitrogen and oxygen atoms in total. The lowest BCUT2D eigenvalue weighted by atomic mass is 9.59. The van der Waals surface area contributed by atoms with Crippen LogP contribution in [0.5, 0.6) is 5.75 Å². The molecule has 0 heterocycles. The minimum Gasteiger partial charge on any atom is -0.497 e. The Kier molecular flexibility index (Phi) is 5.69. The van der Waals surface area contributed by atoms with Gasteiger partial charge in [0.25, 0.3) is 0 Å². The van der Waals surface area contributed by atoms with Crippen molar-refractivity contribution in [2.75, 3.05) is 12.4 Å². The first-order chi connectivity index (χ1) is 16.0. The van der Waals surface area contributed by atoms with Gasteiger partial charge in [0.15, 0.2) is 0 Å². The molecule has 0 radical (unpaired) electrons. The number of carbonyl (C=O) groups is 1. The summed E-state index contributed by atoms with van der Waals surface area (Å²) in [6.45, 7) is 0. The molecule has 2 aliphatic rings. The van der Waals surface area contributed by atoms with E-state index < -0.39 is 11.5 Å². The van der Waals surface area contributed by atoms with Gasteiger partial charge in [-0.05, 0) is 85.0 Å². The van der Waals surface area contributed by atoms with Crippen molar-refractivity contribution in [2.24, 2.45) is 0 Å². The molecule has 3 aromatic carbocycles. The summed E-state index contributed by atoms with van der Waals surface area (Å²) in [5, 5.41) is 13.7. The number of aliphatic carboxylic acids is 1. The summed E-state index contributed by atoms with van der Waals surface area (Å²) >= 11 is 3.50. The van der Waals surface area contributed by atoms with Crippen LogP contribution < -0.4 is 10.1 Å². The molecular weight excluding hydrogens is 478 g/mol. The third-order valence-corrected chi connectivity index (χ3v) is 8.25. The molecule has 0 unspecified atom stereocenters. The fourth-order valence-corrected chi connectivity index (χ4v) is 6.46. The molecule has 170 valence electrons. The fraction of sp³-hybridized carbons (Fsp3) is 0.321. The lowest BCUT2D eigenvalue weighted by molar-refractivity contribution is -0.144. The zero-order valence-electron chi connectivity index (χ0n) is 18.7. The third kappa shape index (κ3) is 3.82. The molecule has 1 saturated carbocycles. The maximum absolute atomic E-state index is 12.6. The molecule has 1 atom stereocenters. The number of hydrogen-bond donors (Lipinski definition) is 2. The molecule has 1 fully saturated rings. The van der Waals surface area contributed by atoms with E-state index >= 15 is 0 Å². The van der Waals surface area contributed by atoms with Gasteiger partial charge in [-0.1, -0.05) is 58.4 Å². The van der Waals surface area contributed by atoms with Gasteiger partial charge in [0.05, 0.1) is 7.11 Å². The van der Waals surface area contributed by atoms with Crippen LogP contribution in [0.2, 0.25) is 0 Å². The van der Waals surface area contributed by atoms with Crippen molar-refractivity contribution < 1.29 is 14.6 Å². The van der Waals surface area contributed by atoms with E-state index in [4.69, 9.17) is 4.74 Å². The SMILES string of the molecule is COc1cccc([C@H]2Cc3ccccc3C23CCC(Nc2cccc(Br)c2)(C(=O)O)CC3)c1. The summed E-state index contributed by atoms with van der Waals surface area (Å²) in [6.07, 6.45) is 3.76. The molecule has 2 N–H and O–H groups in total. The van der Waals surface area contributed by atoms with Crippen LogP contribution in [-0.2, 0) is 16.6 Å². The second kappa shape index (κ2) is 8.53. The van der Waals surface area contributed by atoms with E-state index in [1.165, 1.54) is 16.7 Å². The summed E-state index contributed by atoms with van der Waals surface area (Å²) < 4.78 is 6.45. The minimum atomic E-state index is -0.970. The highest BCUT2D eigenvalue weighted by atomic mass is 79.9. The summed E-state index contributed by atoms with van der Waals surface area (Å²) in [5.41, 5.74) is 3.84. The van der Waals surface area contributed by atoms with Crippen LogP contribution in [-0.4, -0.2) is 23.7 Å². The Balaban J connectivity index is 1.51. The smallest absolute Gasteiger partial charge is 0.329 e. The van der Waals surface area contributed by atoms with Crippen molar-refractivity contribution in [2.45, 2.75) is 49.0 Å². The predicted molar refractivity (Wildman–Crippen MR) is 134 cm³/mol. The Morgan fingerprint density at radius 2 is 1.76 bits per heavy atom. The zero-order valence-corrected chi connectivity index (χ0v) is 20.3. The van der Waals surface area contributed by atoms with Gasteiger partial charge in [-0.2, -0.15) is 0 Å². The van der Waals surface area contributed by atoms with Gasteiger partial charge in [0, 0.05) is 15.6 Å². The Bertz CT molecular complexity index is 1180. The van der Waals surface area contributed by atoms with Crippen LogP contribution in [0.15, 0.2) is 77.3 Å². The second-order valence-corrected chi connectivity index (χ2v) is 10.3. The van der Waals surface area contributed by atoms with Crippen LogP contribution in [0.4, 0.5) is 5.69 Å². The number of anilines is 1. The van der Waals surface area contributed by atoms with Gasteiger partial charge in [0.1, 0.15) is 11.3 Å². The van der Waals surface area contributed by atoms with Crippen molar-refractivity contribution in [1.82, 2.24) is 0 Å². The largest absolute Gasteiger partial charge is 0.497 e. The van der Waals surface area contributed by atoms with E-state index in [-0.39, 0.29) is 5.41 Å². The van der Waals surface area contributed by atoms with E-state index in [1.54, 1.807) is 7.11 Å². The Hall–Kier alpha value is -2.79. The van der Waals surface area contributed by atoms with Gasteiger partial charge >= 0.3 is 5.97 Å². The number of benzene rings is 3. The number of hydrogen-bond acceptors (Lipinski definition) is 3. The van der Waals surface area contributed by atoms with E-state index in [2.05, 4.69) is 63.7 Å². The van der Waals surface area contributed by atoms with Gasteiger partial charge in [-0.15, -0.1) is 0 Å². The number of fused-ring (bicyclic) bond motifs is 2. The molecule has 0 aromatic heterocycles. The van der Waals surface area contributed by atoms with Gasteiger partial charge in [-0.3, -0.25) is 0 Å². The molecule has 5 heteroatoms. The van der Waals surface area contributed by atoms with E-state index in [9.17, 15) is 9.90 Å². The summed E-state index contributed by atoms with van der Waals surface area (Å²) in [4.78, 5) is 12.6. The molecular formula is C28H28BrNO3. The number of methoxy groups -OCH3 is 1. The fourth-order valence-electron chi connectivity index (χ4n) is 6.06. The molecule has 0 bridgehead atoms. The van der Waals surface area contributed by atoms with Crippen molar-refractivity contribution >= 4 is 27.6 Å². The van der Waals surface area contributed by atoms with Crippen LogP contribution in [0.1, 0.15) is 48.3 Å². The minimum absolute atomic E-state index is 0.0686. The highest BCUT2D eigenvalue weighted by Crippen LogP contribution is 2.58. The lowest BCUT2D eigenvalue weighted by Crippen LogP contribution is -2.52. The molecule has 0 saturated heterocycles. The molecule has 5 rings (SSSR count). The highest BCUT2D eigenvalue weighted by Gasteiger charge is 2.54. The van der Waals surface area contributed by atoms with Crippen molar-refractivity contribution in [1.29, 1.82) is 0 Å². The zero-order chi connectivity index (χ0) is 23.1. The third-order valence-electron chi connectivity index (χ3n) is 7.75. The van der Waals surface area contributed by atoms with Crippen molar-refractivity contribution in [3.8, 4) is 5.75 Å². The van der Waals surface area contributed by atoms with Gasteiger partial charge in [-0.25, -0.2) is 4.79 Å². The van der Waals surface area contributed by atoms with Crippen LogP contribution in [0, 0.1) is 0 Å². The normalized spacial score (nSPS) is 26.1. The van der Waals surface area contributed by atoms with Gasteiger partial charge in [0.2, 0.25) is 0 Å².